The summed E-state index contributed by atoms with van der Waals surface area (Å²) in [6.45, 7) is 1.20. The van der Waals surface area contributed by atoms with Gasteiger partial charge in [-0.15, -0.1) is 0 Å². The van der Waals surface area contributed by atoms with Gasteiger partial charge in [0.2, 0.25) is 5.91 Å². The van der Waals surface area contributed by atoms with Gasteiger partial charge in [0.05, 0.1) is 0 Å². The first-order valence-corrected chi connectivity index (χ1v) is 8.89. The van der Waals surface area contributed by atoms with Crippen LogP contribution in [0.2, 0.25) is 0 Å². The number of carbonyl (C=O) groups excluding carboxylic acids is 1. The van der Waals surface area contributed by atoms with Crippen LogP contribution in [0.5, 0.6) is 0 Å². The summed E-state index contributed by atoms with van der Waals surface area (Å²) in [5.41, 5.74) is 1.71. The monoisotopic (exact) mass is 312 g/mol. The molecule has 0 bridgehead atoms. The zero-order chi connectivity index (χ0) is 15.6. The van der Waals surface area contributed by atoms with Crippen LogP contribution >= 0.6 is 0 Å². The number of fused-ring (bicyclic) bond motifs is 1. The second kappa shape index (κ2) is 6.30. The van der Waals surface area contributed by atoms with E-state index in [1.807, 2.05) is 24.3 Å². The average Bonchev–Trinajstić information content (AvgIpc) is 3.31. The Morgan fingerprint density at radius 2 is 1.70 bits per heavy atom. The number of hydrogen-bond donors (Lipinski definition) is 0. The molecule has 1 aromatic carbocycles. The quantitative estimate of drug-likeness (QED) is 0.853. The van der Waals surface area contributed by atoms with E-state index in [1.54, 1.807) is 4.80 Å². The molecule has 1 amide bonds. The molecule has 23 heavy (non-hydrogen) atoms. The minimum atomic E-state index is 0.184. The lowest BCUT2D eigenvalue weighted by molar-refractivity contribution is -0.135. The molecule has 5 heteroatoms. The third kappa shape index (κ3) is 3.38. The molecule has 1 aromatic heterocycles. The van der Waals surface area contributed by atoms with Crippen molar-refractivity contribution in [3.8, 4) is 0 Å². The van der Waals surface area contributed by atoms with Gasteiger partial charge in [-0.25, -0.2) is 0 Å². The van der Waals surface area contributed by atoms with Crippen molar-refractivity contribution in [2.45, 2.75) is 57.5 Å². The molecule has 0 unspecified atom stereocenters. The fourth-order valence-corrected chi connectivity index (χ4v) is 3.61. The lowest BCUT2D eigenvalue weighted by Crippen LogP contribution is -2.44. The highest BCUT2D eigenvalue weighted by Gasteiger charge is 2.32. The van der Waals surface area contributed by atoms with Crippen LogP contribution in [0.25, 0.3) is 11.0 Å². The van der Waals surface area contributed by atoms with Gasteiger partial charge in [-0.05, 0) is 43.7 Å². The van der Waals surface area contributed by atoms with E-state index in [0.717, 1.165) is 36.3 Å². The Balaban J connectivity index is 1.49. The maximum Gasteiger partial charge on any atom is 0.246 e. The Labute approximate surface area is 136 Å². The Morgan fingerprint density at radius 3 is 2.30 bits per heavy atom. The minimum absolute atomic E-state index is 0.184. The van der Waals surface area contributed by atoms with Gasteiger partial charge in [0.15, 0.2) is 0 Å². The van der Waals surface area contributed by atoms with Crippen molar-refractivity contribution < 1.29 is 4.79 Å². The van der Waals surface area contributed by atoms with Crippen LogP contribution < -0.4 is 0 Å². The number of amides is 1. The van der Waals surface area contributed by atoms with E-state index in [1.165, 1.54) is 32.1 Å². The second-order valence-corrected chi connectivity index (χ2v) is 7.00. The summed E-state index contributed by atoms with van der Waals surface area (Å²) in [5, 5.41) is 8.87. The molecule has 0 radical (unpaired) electrons. The number of benzene rings is 1. The van der Waals surface area contributed by atoms with Crippen molar-refractivity contribution in [3.63, 3.8) is 0 Å². The Kier molecular flexibility index (Phi) is 4.02. The molecule has 2 aliphatic carbocycles. The van der Waals surface area contributed by atoms with E-state index in [4.69, 9.17) is 0 Å². The van der Waals surface area contributed by atoms with E-state index in [9.17, 15) is 4.79 Å². The highest BCUT2D eigenvalue weighted by atomic mass is 16.2. The van der Waals surface area contributed by atoms with Gasteiger partial charge in [0.25, 0.3) is 0 Å². The fourth-order valence-electron chi connectivity index (χ4n) is 3.61. The minimum Gasteiger partial charge on any atom is -0.338 e. The highest BCUT2D eigenvalue weighted by Crippen LogP contribution is 2.32. The zero-order valence-corrected chi connectivity index (χ0v) is 13.5. The predicted molar refractivity (Wildman–Crippen MR) is 88.8 cm³/mol. The molecule has 0 saturated heterocycles. The summed E-state index contributed by atoms with van der Waals surface area (Å²) in [5.74, 6) is 0.912. The number of rotatable bonds is 5. The van der Waals surface area contributed by atoms with Crippen molar-refractivity contribution in [2.24, 2.45) is 5.92 Å². The van der Waals surface area contributed by atoms with Crippen LogP contribution in [0.15, 0.2) is 24.3 Å². The lowest BCUT2D eigenvalue weighted by atomic mass is 9.94. The largest absolute Gasteiger partial charge is 0.338 e. The summed E-state index contributed by atoms with van der Waals surface area (Å²) in [6, 6.07) is 8.20. The van der Waals surface area contributed by atoms with Gasteiger partial charge in [-0.2, -0.15) is 15.0 Å². The Bertz CT molecular complexity index is 652. The van der Waals surface area contributed by atoms with Gasteiger partial charge < -0.3 is 4.90 Å². The summed E-state index contributed by atoms with van der Waals surface area (Å²) in [6.07, 6.45) is 8.70. The van der Waals surface area contributed by atoms with Crippen LogP contribution in [0, 0.1) is 5.92 Å². The maximum atomic E-state index is 12.9. The van der Waals surface area contributed by atoms with Gasteiger partial charge in [-0.3, -0.25) is 4.79 Å². The highest BCUT2D eigenvalue weighted by molar-refractivity contribution is 5.77. The topological polar surface area (TPSA) is 51.0 Å². The summed E-state index contributed by atoms with van der Waals surface area (Å²) in [7, 11) is 0. The summed E-state index contributed by atoms with van der Waals surface area (Å²) >= 11 is 0. The molecular formula is C18H24N4O. The fraction of sp³-hybridized carbons (Fsp3) is 0.611. The first-order chi connectivity index (χ1) is 11.3. The number of hydrogen-bond acceptors (Lipinski definition) is 3. The van der Waals surface area contributed by atoms with Crippen LogP contribution in [0.1, 0.15) is 44.9 Å². The van der Waals surface area contributed by atoms with Crippen molar-refractivity contribution in [2.75, 3.05) is 6.54 Å². The maximum absolute atomic E-state index is 12.9. The molecular weight excluding hydrogens is 288 g/mol. The average molecular weight is 312 g/mol. The van der Waals surface area contributed by atoms with Crippen LogP contribution in [0.3, 0.4) is 0 Å². The second-order valence-electron chi connectivity index (χ2n) is 7.00. The van der Waals surface area contributed by atoms with Crippen molar-refractivity contribution in [1.82, 2.24) is 19.9 Å². The molecule has 2 saturated carbocycles. The SMILES string of the molecule is O=C(Cn1nc2ccccc2n1)N(CC1CC1)C1CCCCC1. The van der Waals surface area contributed by atoms with E-state index in [-0.39, 0.29) is 12.5 Å². The molecule has 0 atom stereocenters. The van der Waals surface area contributed by atoms with E-state index >= 15 is 0 Å². The van der Waals surface area contributed by atoms with Crippen molar-refractivity contribution in [1.29, 1.82) is 0 Å². The number of aromatic nitrogens is 3. The van der Waals surface area contributed by atoms with Gasteiger partial charge >= 0.3 is 0 Å². The molecule has 0 N–H and O–H groups in total. The molecule has 1 heterocycles. The Morgan fingerprint density at radius 1 is 1.04 bits per heavy atom. The normalized spacial score (nSPS) is 19.1. The van der Waals surface area contributed by atoms with E-state index in [0.29, 0.717) is 6.04 Å². The van der Waals surface area contributed by atoms with E-state index < -0.39 is 0 Å². The van der Waals surface area contributed by atoms with Crippen LogP contribution in [-0.2, 0) is 11.3 Å². The summed E-state index contributed by atoms with van der Waals surface area (Å²) in [4.78, 5) is 16.6. The molecule has 0 spiro atoms. The lowest BCUT2D eigenvalue weighted by Gasteiger charge is -2.34. The van der Waals surface area contributed by atoms with E-state index in [2.05, 4.69) is 15.1 Å². The van der Waals surface area contributed by atoms with Crippen molar-refractivity contribution >= 4 is 16.9 Å². The first-order valence-electron chi connectivity index (χ1n) is 8.89. The molecule has 0 aliphatic heterocycles. The molecule has 2 aromatic rings. The Hall–Kier alpha value is -1.91. The zero-order valence-electron chi connectivity index (χ0n) is 13.5. The first kappa shape index (κ1) is 14.7. The van der Waals surface area contributed by atoms with Gasteiger partial charge in [0.1, 0.15) is 17.6 Å². The molecule has 2 fully saturated rings. The van der Waals surface area contributed by atoms with Gasteiger partial charge in [0, 0.05) is 12.6 Å². The van der Waals surface area contributed by atoms with Gasteiger partial charge in [-0.1, -0.05) is 31.4 Å². The standard InChI is InChI=1S/C18H24N4O/c23-18(13-22-19-16-8-4-5-9-17(16)20-22)21(12-14-10-11-14)15-6-2-1-3-7-15/h4-5,8-9,14-15H,1-3,6-7,10-13H2. The van der Waals surface area contributed by atoms with Crippen LogP contribution in [0.4, 0.5) is 0 Å². The molecule has 4 rings (SSSR count). The molecule has 2 aliphatic rings. The smallest absolute Gasteiger partial charge is 0.246 e. The third-order valence-electron chi connectivity index (χ3n) is 5.09. The number of carbonyl (C=O) groups is 1. The number of nitrogens with zero attached hydrogens (tertiary/aromatic N) is 4. The third-order valence-corrected chi connectivity index (χ3v) is 5.09. The predicted octanol–water partition coefficient (Wildman–Crippen LogP) is 3.00. The molecule has 122 valence electrons. The van der Waals surface area contributed by atoms with Crippen LogP contribution in [-0.4, -0.2) is 38.4 Å². The molecule has 5 nitrogen and oxygen atoms in total. The summed E-state index contributed by atoms with van der Waals surface area (Å²) < 4.78 is 0. The van der Waals surface area contributed by atoms with Crippen molar-refractivity contribution in [3.05, 3.63) is 24.3 Å².